The van der Waals surface area contributed by atoms with Crippen molar-refractivity contribution in [3.05, 3.63) is 23.8 Å². The molecule has 4 nitrogen and oxygen atoms in total. The number of aliphatic hydroxyl groups is 1. The second kappa shape index (κ2) is 5.89. The number of hydrogen-bond acceptors (Lipinski definition) is 4. The lowest BCUT2D eigenvalue weighted by molar-refractivity contribution is 0.174. The molecule has 2 rings (SSSR count). The Hall–Kier alpha value is -1.26. The molecule has 1 heterocycles. The maximum atomic E-state index is 8.92. The molecule has 94 valence electrons. The Labute approximate surface area is 102 Å². The normalized spacial score (nSPS) is 14.9. The van der Waals surface area contributed by atoms with E-state index in [4.69, 9.17) is 14.6 Å². The number of rotatable bonds is 6. The van der Waals surface area contributed by atoms with E-state index in [9.17, 15) is 0 Å². The minimum atomic E-state index is 0.229. The summed E-state index contributed by atoms with van der Waals surface area (Å²) in [4.78, 5) is 0. The second-order valence-electron chi connectivity index (χ2n) is 4.19. The Morgan fingerprint density at radius 3 is 2.94 bits per heavy atom. The Bertz CT molecular complexity index is 368. The van der Waals surface area contributed by atoms with E-state index < -0.39 is 0 Å². The van der Waals surface area contributed by atoms with Crippen LogP contribution in [0.4, 0.5) is 0 Å². The zero-order valence-corrected chi connectivity index (χ0v) is 10.1. The summed E-state index contributed by atoms with van der Waals surface area (Å²) < 4.78 is 10.6. The number of hydrogen-bond donors (Lipinski definition) is 2. The number of nitrogens with one attached hydrogen (secondary N) is 1. The van der Waals surface area contributed by atoms with E-state index in [2.05, 4.69) is 12.2 Å². The van der Waals surface area contributed by atoms with Gasteiger partial charge in [-0.15, -0.1) is 0 Å². The highest BCUT2D eigenvalue weighted by molar-refractivity contribution is 5.44. The zero-order valence-electron chi connectivity index (χ0n) is 10.1. The summed E-state index contributed by atoms with van der Waals surface area (Å²) in [5.41, 5.74) is 1.17. The lowest BCUT2D eigenvalue weighted by atomic mass is 10.1. The van der Waals surface area contributed by atoms with Gasteiger partial charge in [-0.2, -0.15) is 0 Å². The SMILES string of the molecule is CCC(CCO)NCc1ccc2c(c1)OCO2. The molecule has 1 atom stereocenters. The molecule has 17 heavy (non-hydrogen) atoms. The van der Waals surface area contributed by atoms with Crippen LogP contribution in [-0.2, 0) is 6.54 Å². The average molecular weight is 237 g/mol. The molecule has 0 fully saturated rings. The number of aliphatic hydroxyl groups excluding tert-OH is 1. The summed E-state index contributed by atoms with van der Waals surface area (Å²) >= 11 is 0. The molecule has 0 radical (unpaired) electrons. The van der Waals surface area contributed by atoms with Crippen molar-refractivity contribution in [1.29, 1.82) is 0 Å². The van der Waals surface area contributed by atoms with Crippen LogP contribution in [0, 0.1) is 0 Å². The van der Waals surface area contributed by atoms with E-state index in [1.165, 1.54) is 5.56 Å². The molecule has 1 aromatic carbocycles. The summed E-state index contributed by atoms with van der Waals surface area (Å²) in [5.74, 6) is 1.63. The highest BCUT2D eigenvalue weighted by atomic mass is 16.7. The van der Waals surface area contributed by atoms with Crippen molar-refractivity contribution < 1.29 is 14.6 Å². The second-order valence-corrected chi connectivity index (χ2v) is 4.19. The molecule has 1 aliphatic rings. The predicted molar refractivity (Wildman–Crippen MR) is 65.2 cm³/mol. The van der Waals surface area contributed by atoms with Gasteiger partial charge in [-0.25, -0.2) is 0 Å². The number of ether oxygens (including phenoxy) is 2. The third-order valence-corrected chi connectivity index (χ3v) is 3.00. The first-order valence-corrected chi connectivity index (χ1v) is 6.06. The van der Waals surface area contributed by atoms with Crippen LogP contribution in [0.15, 0.2) is 18.2 Å². The van der Waals surface area contributed by atoms with Crippen molar-refractivity contribution in [2.75, 3.05) is 13.4 Å². The van der Waals surface area contributed by atoms with Gasteiger partial charge < -0.3 is 19.9 Å². The standard InChI is InChI=1S/C13H19NO3/c1-2-11(5-6-15)14-8-10-3-4-12-13(7-10)17-9-16-12/h3-4,7,11,14-15H,2,5-6,8-9H2,1H3. The minimum Gasteiger partial charge on any atom is -0.454 e. The van der Waals surface area contributed by atoms with Crippen molar-refractivity contribution in [1.82, 2.24) is 5.32 Å². The van der Waals surface area contributed by atoms with Gasteiger partial charge in [0.1, 0.15) is 0 Å². The van der Waals surface area contributed by atoms with Crippen LogP contribution in [0.5, 0.6) is 11.5 Å². The van der Waals surface area contributed by atoms with Crippen LogP contribution in [0.25, 0.3) is 0 Å². The lowest BCUT2D eigenvalue weighted by Crippen LogP contribution is -2.28. The molecular formula is C13H19NO3. The Balaban J connectivity index is 1.90. The van der Waals surface area contributed by atoms with Crippen LogP contribution in [0.2, 0.25) is 0 Å². The van der Waals surface area contributed by atoms with Gasteiger partial charge in [0.25, 0.3) is 0 Å². The van der Waals surface area contributed by atoms with Crippen molar-refractivity contribution in [3.63, 3.8) is 0 Å². The molecule has 0 bridgehead atoms. The van der Waals surface area contributed by atoms with Gasteiger partial charge in [0, 0.05) is 19.2 Å². The van der Waals surface area contributed by atoms with Gasteiger partial charge in [-0.1, -0.05) is 13.0 Å². The summed E-state index contributed by atoms with van der Waals surface area (Å²) in [6.45, 7) is 3.45. The smallest absolute Gasteiger partial charge is 0.231 e. The average Bonchev–Trinajstić information content (AvgIpc) is 2.81. The van der Waals surface area contributed by atoms with Gasteiger partial charge in [0.05, 0.1) is 0 Å². The monoisotopic (exact) mass is 237 g/mol. The van der Waals surface area contributed by atoms with E-state index in [-0.39, 0.29) is 6.61 Å². The van der Waals surface area contributed by atoms with E-state index in [0.717, 1.165) is 30.9 Å². The van der Waals surface area contributed by atoms with Gasteiger partial charge in [-0.3, -0.25) is 0 Å². The van der Waals surface area contributed by atoms with Crippen LogP contribution in [0.3, 0.4) is 0 Å². The van der Waals surface area contributed by atoms with Gasteiger partial charge in [0.2, 0.25) is 6.79 Å². The van der Waals surface area contributed by atoms with E-state index >= 15 is 0 Å². The summed E-state index contributed by atoms with van der Waals surface area (Å²) in [6.07, 6.45) is 1.81. The molecule has 0 amide bonds. The number of benzene rings is 1. The molecule has 0 aromatic heterocycles. The fraction of sp³-hybridized carbons (Fsp3) is 0.538. The quantitative estimate of drug-likeness (QED) is 0.790. The zero-order chi connectivity index (χ0) is 12.1. The van der Waals surface area contributed by atoms with Gasteiger partial charge >= 0.3 is 0 Å². The van der Waals surface area contributed by atoms with Crippen LogP contribution < -0.4 is 14.8 Å². The van der Waals surface area contributed by atoms with Crippen molar-refractivity contribution in [2.24, 2.45) is 0 Å². The Kier molecular flexibility index (Phi) is 4.23. The summed E-state index contributed by atoms with van der Waals surface area (Å²) in [6, 6.07) is 6.34. The third-order valence-electron chi connectivity index (χ3n) is 3.00. The van der Waals surface area contributed by atoms with Crippen molar-refractivity contribution >= 4 is 0 Å². The first-order valence-electron chi connectivity index (χ1n) is 6.06. The van der Waals surface area contributed by atoms with Gasteiger partial charge in [-0.05, 0) is 30.5 Å². The molecule has 0 saturated carbocycles. The maximum Gasteiger partial charge on any atom is 0.231 e. The Morgan fingerprint density at radius 2 is 2.18 bits per heavy atom. The van der Waals surface area contributed by atoms with Crippen LogP contribution in [-0.4, -0.2) is 24.5 Å². The molecule has 0 spiro atoms. The van der Waals surface area contributed by atoms with Crippen molar-refractivity contribution in [3.8, 4) is 11.5 Å². The Morgan fingerprint density at radius 1 is 1.35 bits per heavy atom. The fourth-order valence-electron chi connectivity index (χ4n) is 1.92. The predicted octanol–water partition coefficient (Wildman–Crippen LogP) is 1.67. The molecule has 0 saturated heterocycles. The van der Waals surface area contributed by atoms with Gasteiger partial charge in [0.15, 0.2) is 11.5 Å². The lowest BCUT2D eigenvalue weighted by Gasteiger charge is -2.15. The molecule has 1 aromatic rings. The fourth-order valence-corrected chi connectivity index (χ4v) is 1.92. The molecular weight excluding hydrogens is 218 g/mol. The maximum absolute atomic E-state index is 8.92. The third kappa shape index (κ3) is 3.11. The first kappa shape index (κ1) is 12.2. The van der Waals surface area contributed by atoms with Crippen molar-refractivity contribution in [2.45, 2.75) is 32.4 Å². The van der Waals surface area contributed by atoms with Crippen LogP contribution >= 0.6 is 0 Å². The van der Waals surface area contributed by atoms with E-state index in [1.54, 1.807) is 0 Å². The summed E-state index contributed by atoms with van der Waals surface area (Å²) in [7, 11) is 0. The summed E-state index contributed by atoms with van der Waals surface area (Å²) in [5, 5.41) is 12.3. The highest BCUT2D eigenvalue weighted by Gasteiger charge is 2.13. The molecule has 0 aliphatic carbocycles. The van der Waals surface area contributed by atoms with Crippen LogP contribution in [0.1, 0.15) is 25.3 Å². The topological polar surface area (TPSA) is 50.7 Å². The van der Waals surface area contributed by atoms with E-state index in [0.29, 0.717) is 12.8 Å². The molecule has 1 aliphatic heterocycles. The highest BCUT2D eigenvalue weighted by Crippen LogP contribution is 2.32. The minimum absolute atomic E-state index is 0.229. The largest absolute Gasteiger partial charge is 0.454 e. The first-order chi connectivity index (χ1) is 8.33. The molecule has 1 unspecified atom stereocenters. The molecule has 2 N–H and O–H groups in total. The number of fused-ring (bicyclic) bond motifs is 1. The molecule has 4 heteroatoms. The van der Waals surface area contributed by atoms with E-state index in [1.807, 2.05) is 18.2 Å².